The Morgan fingerprint density at radius 1 is 1.41 bits per heavy atom. The molecule has 5 heteroatoms. The summed E-state index contributed by atoms with van der Waals surface area (Å²) in [6, 6.07) is 6.41. The SMILES string of the molecule is NCCCNc1cn[nH]c1-c1cccc(F)c1. The summed E-state index contributed by atoms with van der Waals surface area (Å²) in [5, 5.41) is 10.0. The Hall–Kier alpha value is -1.88. The Bertz CT molecular complexity index is 481. The van der Waals surface area contributed by atoms with Gasteiger partial charge in [0.1, 0.15) is 5.82 Å². The van der Waals surface area contributed by atoms with Gasteiger partial charge < -0.3 is 11.1 Å². The van der Waals surface area contributed by atoms with E-state index in [0.717, 1.165) is 29.9 Å². The number of nitrogens with zero attached hydrogens (tertiary/aromatic N) is 1. The van der Waals surface area contributed by atoms with E-state index in [1.165, 1.54) is 12.1 Å². The van der Waals surface area contributed by atoms with Crippen molar-refractivity contribution >= 4 is 5.69 Å². The van der Waals surface area contributed by atoms with Crippen LogP contribution in [0, 0.1) is 5.82 Å². The normalized spacial score (nSPS) is 10.5. The van der Waals surface area contributed by atoms with Crippen molar-refractivity contribution in [3.63, 3.8) is 0 Å². The number of anilines is 1. The Morgan fingerprint density at radius 3 is 3.06 bits per heavy atom. The third kappa shape index (κ3) is 2.82. The minimum absolute atomic E-state index is 0.259. The van der Waals surface area contributed by atoms with Gasteiger partial charge in [-0.2, -0.15) is 5.10 Å². The molecular formula is C12H15FN4. The molecular weight excluding hydrogens is 219 g/mol. The lowest BCUT2D eigenvalue weighted by Gasteiger charge is -2.06. The zero-order valence-electron chi connectivity index (χ0n) is 9.41. The molecule has 0 fully saturated rings. The van der Waals surface area contributed by atoms with Crippen LogP contribution in [0.3, 0.4) is 0 Å². The molecule has 4 N–H and O–H groups in total. The summed E-state index contributed by atoms with van der Waals surface area (Å²) in [6.07, 6.45) is 2.57. The molecule has 0 atom stereocenters. The number of nitrogens with two attached hydrogens (primary N) is 1. The van der Waals surface area contributed by atoms with E-state index in [4.69, 9.17) is 5.73 Å². The fourth-order valence-electron chi connectivity index (χ4n) is 1.61. The van der Waals surface area contributed by atoms with Gasteiger partial charge in [0, 0.05) is 12.1 Å². The molecule has 1 aromatic carbocycles. The van der Waals surface area contributed by atoms with Gasteiger partial charge in [0.15, 0.2) is 0 Å². The van der Waals surface area contributed by atoms with Crippen LogP contribution in [-0.4, -0.2) is 23.3 Å². The maximum absolute atomic E-state index is 13.1. The van der Waals surface area contributed by atoms with Crippen molar-refractivity contribution in [1.29, 1.82) is 0 Å². The molecule has 0 spiro atoms. The molecule has 2 rings (SSSR count). The average Bonchev–Trinajstić information content (AvgIpc) is 2.78. The van der Waals surface area contributed by atoms with Crippen molar-refractivity contribution in [1.82, 2.24) is 10.2 Å². The smallest absolute Gasteiger partial charge is 0.123 e. The summed E-state index contributed by atoms with van der Waals surface area (Å²) in [5.41, 5.74) is 7.86. The second-order valence-electron chi connectivity index (χ2n) is 3.74. The second kappa shape index (κ2) is 5.45. The van der Waals surface area contributed by atoms with E-state index in [0.29, 0.717) is 6.54 Å². The zero-order chi connectivity index (χ0) is 12.1. The number of aromatic nitrogens is 2. The molecule has 90 valence electrons. The maximum Gasteiger partial charge on any atom is 0.123 e. The largest absolute Gasteiger partial charge is 0.382 e. The van der Waals surface area contributed by atoms with E-state index in [1.807, 2.05) is 6.07 Å². The van der Waals surface area contributed by atoms with Crippen LogP contribution in [0.4, 0.5) is 10.1 Å². The number of aromatic amines is 1. The van der Waals surface area contributed by atoms with Gasteiger partial charge in [-0.15, -0.1) is 0 Å². The standard InChI is InChI=1S/C12H15FN4/c13-10-4-1-3-9(7-10)12-11(8-16-17-12)15-6-2-5-14/h1,3-4,7-8,15H,2,5-6,14H2,(H,16,17). The number of rotatable bonds is 5. The van der Waals surface area contributed by atoms with Crippen molar-refractivity contribution in [2.75, 3.05) is 18.4 Å². The van der Waals surface area contributed by atoms with Crippen molar-refractivity contribution < 1.29 is 4.39 Å². The summed E-state index contributed by atoms with van der Waals surface area (Å²) < 4.78 is 13.1. The van der Waals surface area contributed by atoms with Crippen LogP contribution in [0.5, 0.6) is 0 Å². The van der Waals surface area contributed by atoms with Gasteiger partial charge in [0.25, 0.3) is 0 Å². The highest BCUT2D eigenvalue weighted by molar-refractivity contribution is 5.73. The average molecular weight is 234 g/mol. The first-order valence-corrected chi connectivity index (χ1v) is 5.54. The van der Waals surface area contributed by atoms with Gasteiger partial charge in [-0.25, -0.2) is 4.39 Å². The predicted octanol–water partition coefficient (Wildman–Crippen LogP) is 1.98. The van der Waals surface area contributed by atoms with Crippen LogP contribution >= 0.6 is 0 Å². The molecule has 0 unspecified atom stereocenters. The topological polar surface area (TPSA) is 66.7 Å². The van der Waals surface area contributed by atoms with E-state index >= 15 is 0 Å². The van der Waals surface area contributed by atoms with Crippen LogP contribution in [0.15, 0.2) is 30.5 Å². The molecule has 0 radical (unpaired) electrons. The minimum atomic E-state index is -0.259. The molecule has 0 amide bonds. The molecule has 1 aromatic heterocycles. The van der Waals surface area contributed by atoms with Crippen molar-refractivity contribution in [3.8, 4) is 11.3 Å². The summed E-state index contributed by atoms with van der Waals surface area (Å²) in [5.74, 6) is -0.259. The second-order valence-corrected chi connectivity index (χ2v) is 3.74. The highest BCUT2D eigenvalue weighted by Gasteiger charge is 2.07. The molecule has 4 nitrogen and oxygen atoms in total. The first-order chi connectivity index (χ1) is 8.31. The van der Waals surface area contributed by atoms with Crippen LogP contribution in [0.2, 0.25) is 0 Å². The van der Waals surface area contributed by atoms with Crippen molar-refractivity contribution in [3.05, 3.63) is 36.3 Å². The van der Waals surface area contributed by atoms with Crippen LogP contribution in [0.1, 0.15) is 6.42 Å². The van der Waals surface area contributed by atoms with E-state index in [1.54, 1.807) is 12.3 Å². The Kier molecular flexibility index (Phi) is 3.72. The zero-order valence-corrected chi connectivity index (χ0v) is 9.41. The molecule has 17 heavy (non-hydrogen) atoms. The van der Waals surface area contributed by atoms with E-state index in [9.17, 15) is 4.39 Å². The van der Waals surface area contributed by atoms with Gasteiger partial charge in [-0.1, -0.05) is 12.1 Å². The number of nitrogens with one attached hydrogen (secondary N) is 2. The summed E-state index contributed by atoms with van der Waals surface area (Å²) in [4.78, 5) is 0. The Morgan fingerprint density at radius 2 is 2.29 bits per heavy atom. The third-order valence-corrected chi connectivity index (χ3v) is 2.45. The number of hydrogen-bond acceptors (Lipinski definition) is 3. The van der Waals surface area contributed by atoms with Crippen LogP contribution in [-0.2, 0) is 0 Å². The molecule has 1 heterocycles. The van der Waals surface area contributed by atoms with E-state index < -0.39 is 0 Å². The van der Waals surface area contributed by atoms with E-state index in [-0.39, 0.29) is 5.82 Å². The fourth-order valence-corrected chi connectivity index (χ4v) is 1.61. The molecule has 0 saturated carbocycles. The first-order valence-electron chi connectivity index (χ1n) is 5.54. The number of hydrogen-bond donors (Lipinski definition) is 3. The number of halogens is 1. The molecule has 0 aliphatic carbocycles. The van der Waals surface area contributed by atoms with Gasteiger partial charge >= 0.3 is 0 Å². The van der Waals surface area contributed by atoms with Gasteiger partial charge in [-0.05, 0) is 25.1 Å². The summed E-state index contributed by atoms with van der Waals surface area (Å²) >= 11 is 0. The van der Waals surface area contributed by atoms with Crippen molar-refractivity contribution in [2.24, 2.45) is 5.73 Å². The van der Waals surface area contributed by atoms with Crippen molar-refractivity contribution in [2.45, 2.75) is 6.42 Å². The number of H-pyrrole nitrogens is 1. The van der Waals surface area contributed by atoms with Crippen LogP contribution < -0.4 is 11.1 Å². The molecule has 0 aliphatic rings. The highest BCUT2D eigenvalue weighted by Crippen LogP contribution is 2.25. The van der Waals surface area contributed by atoms with Crippen LogP contribution in [0.25, 0.3) is 11.3 Å². The summed E-state index contributed by atoms with van der Waals surface area (Å²) in [6.45, 7) is 1.42. The molecule has 0 saturated heterocycles. The quantitative estimate of drug-likeness (QED) is 0.693. The molecule has 0 aliphatic heterocycles. The third-order valence-electron chi connectivity index (χ3n) is 2.45. The number of benzene rings is 1. The lowest BCUT2D eigenvalue weighted by atomic mass is 10.1. The van der Waals surface area contributed by atoms with Gasteiger partial charge in [0.05, 0.1) is 17.6 Å². The molecule has 2 aromatic rings. The lowest BCUT2D eigenvalue weighted by Crippen LogP contribution is -2.08. The lowest BCUT2D eigenvalue weighted by molar-refractivity contribution is 0.628. The molecule has 0 bridgehead atoms. The Labute approximate surface area is 99.0 Å². The minimum Gasteiger partial charge on any atom is -0.382 e. The van der Waals surface area contributed by atoms with Gasteiger partial charge in [-0.3, -0.25) is 5.10 Å². The maximum atomic E-state index is 13.1. The van der Waals surface area contributed by atoms with E-state index in [2.05, 4.69) is 15.5 Å². The Balaban J connectivity index is 2.18. The fraction of sp³-hybridized carbons (Fsp3) is 0.250. The highest BCUT2D eigenvalue weighted by atomic mass is 19.1. The predicted molar refractivity (Wildman–Crippen MR) is 66.1 cm³/mol. The summed E-state index contributed by atoms with van der Waals surface area (Å²) in [7, 11) is 0. The monoisotopic (exact) mass is 234 g/mol. The first kappa shape index (κ1) is 11.6. The van der Waals surface area contributed by atoms with Gasteiger partial charge in [0.2, 0.25) is 0 Å².